The molecule has 1 heterocycles. The van der Waals surface area contributed by atoms with Gasteiger partial charge in [-0.2, -0.15) is 0 Å². The van der Waals surface area contributed by atoms with E-state index in [1.54, 1.807) is 11.0 Å². The van der Waals surface area contributed by atoms with Crippen molar-refractivity contribution in [1.29, 1.82) is 0 Å². The average Bonchev–Trinajstić information content (AvgIpc) is 3.13. The Hall–Kier alpha value is -3.09. The van der Waals surface area contributed by atoms with Crippen LogP contribution in [0.2, 0.25) is 0 Å². The van der Waals surface area contributed by atoms with Crippen LogP contribution in [0.15, 0.2) is 106 Å². The number of thioether (sulfide) groups is 1. The van der Waals surface area contributed by atoms with E-state index < -0.39 is 0 Å². The summed E-state index contributed by atoms with van der Waals surface area (Å²) in [5, 5.41) is 0.697. The van der Waals surface area contributed by atoms with Gasteiger partial charge in [-0.15, -0.1) is 0 Å². The maximum absolute atomic E-state index is 13.4. The van der Waals surface area contributed by atoms with Gasteiger partial charge in [0, 0.05) is 10.0 Å². The molecule has 1 aliphatic heterocycles. The van der Waals surface area contributed by atoms with Crippen molar-refractivity contribution >= 4 is 44.8 Å². The Kier molecular flexibility index (Phi) is 7.81. The van der Waals surface area contributed by atoms with Crippen LogP contribution in [-0.2, 0) is 17.9 Å². The zero-order valence-electron chi connectivity index (χ0n) is 18.0. The minimum Gasteiger partial charge on any atom is -0.489 e. The van der Waals surface area contributed by atoms with E-state index in [0.717, 1.165) is 21.2 Å². The van der Waals surface area contributed by atoms with Crippen LogP contribution >= 0.6 is 27.7 Å². The van der Waals surface area contributed by atoms with E-state index in [-0.39, 0.29) is 5.91 Å². The van der Waals surface area contributed by atoms with E-state index in [1.807, 2.05) is 84.9 Å². The fourth-order valence-electron chi connectivity index (χ4n) is 3.33. The third kappa shape index (κ3) is 6.03. The lowest BCUT2D eigenvalue weighted by atomic mass is 10.1. The van der Waals surface area contributed by atoms with Crippen molar-refractivity contribution in [3.63, 3.8) is 0 Å². The number of carbonyl (C=O) groups excluding carboxylic acids is 1. The lowest BCUT2D eigenvalue weighted by Crippen LogP contribution is -2.28. The highest BCUT2D eigenvalue weighted by Gasteiger charge is 2.33. The summed E-state index contributed by atoms with van der Waals surface area (Å²) < 4.78 is 6.71. The number of benzene rings is 3. The number of amides is 1. The third-order valence-electron chi connectivity index (χ3n) is 4.93. The van der Waals surface area contributed by atoms with Crippen molar-refractivity contribution in [2.45, 2.75) is 13.1 Å². The molecule has 0 aromatic heterocycles. The Labute approximate surface area is 206 Å². The van der Waals surface area contributed by atoms with Crippen LogP contribution < -0.4 is 4.74 Å². The van der Waals surface area contributed by atoms with Gasteiger partial charge in [0.1, 0.15) is 12.4 Å². The summed E-state index contributed by atoms with van der Waals surface area (Å²) in [7, 11) is 0. The molecule has 0 radical (unpaired) electrons. The Morgan fingerprint density at radius 1 is 1.00 bits per heavy atom. The standard InChI is InChI=1S/C27H23BrN2O2S/c1-2-15-32-24-14-13-23(28)16-22(24)17-25-26(31)30(19-21-11-7-4-8-12-21)27(33-25)29-18-20-9-5-3-6-10-20/h2-14,16-17H,1,15,18-19H2. The summed E-state index contributed by atoms with van der Waals surface area (Å²) in [5.74, 6) is 0.633. The van der Waals surface area contributed by atoms with Crippen molar-refractivity contribution in [3.05, 3.63) is 118 Å². The molecule has 1 aliphatic rings. The van der Waals surface area contributed by atoms with Gasteiger partial charge < -0.3 is 4.74 Å². The van der Waals surface area contributed by atoms with Gasteiger partial charge in [-0.1, -0.05) is 89.2 Å². The zero-order chi connectivity index (χ0) is 23.0. The molecule has 0 unspecified atom stereocenters. The molecule has 0 atom stereocenters. The van der Waals surface area contributed by atoms with Crippen LogP contribution in [0.4, 0.5) is 0 Å². The van der Waals surface area contributed by atoms with Crippen LogP contribution in [0, 0.1) is 0 Å². The molecule has 6 heteroatoms. The molecule has 4 nitrogen and oxygen atoms in total. The molecule has 33 heavy (non-hydrogen) atoms. The smallest absolute Gasteiger partial charge is 0.267 e. The average molecular weight is 519 g/mol. The van der Waals surface area contributed by atoms with Crippen LogP contribution in [0.1, 0.15) is 16.7 Å². The fraction of sp³-hybridized carbons (Fsp3) is 0.111. The number of amidine groups is 1. The first kappa shape index (κ1) is 23.1. The minimum atomic E-state index is -0.0645. The Balaban J connectivity index is 1.66. The molecule has 0 bridgehead atoms. The number of hydrogen-bond acceptors (Lipinski definition) is 4. The van der Waals surface area contributed by atoms with Gasteiger partial charge in [-0.3, -0.25) is 14.7 Å². The van der Waals surface area contributed by atoms with Gasteiger partial charge in [0.2, 0.25) is 0 Å². The predicted octanol–water partition coefficient (Wildman–Crippen LogP) is 6.69. The van der Waals surface area contributed by atoms with Gasteiger partial charge in [0.05, 0.1) is 18.0 Å². The first-order chi connectivity index (χ1) is 16.1. The third-order valence-corrected chi connectivity index (χ3v) is 6.46. The summed E-state index contributed by atoms with van der Waals surface area (Å²) in [4.78, 5) is 20.6. The number of halogens is 1. The summed E-state index contributed by atoms with van der Waals surface area (Å²) in [6, 6.07) is 25.7. The maximum Gasteiger partial charge on any atom is 0.267 e. The number of ether oxygens (including phenoxy) is 1. The Morgan fingerprint density at radius 2 is 1.70 bits per heavy atom. The van der Waals surface area contributed by atoms with E-state index in [4.69, 9.17) is 9.73 Å². The van der Waals surface area contributed by atoms with Crippen molar-refractivity contribution in [1.82, 2.24) is 4.90 Å². The van der Waals surface area contributed by atoms with Crippen molar-refractivity contribution in [2.75, 3.05) is 6.61 Å². The topological polar surface area (TPSA) is 41.9 Å². The number of rotatable bonds is 8. The van der Waals surface area contributed by atoms with E-state index in [1.165, 1.54) is 11.8 Å². The lowest BCUT2D eigenvalue weighted by Gasteiger charge is -2.15. The van der Waals surface area contributed by atoms with E-state index in [2.05, 4.69) is 22.5 Å². The number of hydrogen-bond donors (Lipinski definition) is 0. The second-order valence-corrected chi connectivity index (χ2v) is 9.28. The summed E-state index contributed by atoms with van der Waals surface area (Å²) in [5.41, 5.74) is 2.98. The highest BCUT2D eigenvalue weighted by molar-refractivity contribution is 9.10. The second-order valence-electron chi connectivity index (χ2n) is 7.35. The number of carbonyl (C=O) groups is 1. The molecule has 3 aromatic rings. The van der Waals surface area contributed by atoms with Crippen LogP contribution in [0.3, 0.4) is 0 Å². The van der Waals surface area contributed by atoms with Crippen molar-refractivity contribution < 1.29 is 9.53 Å². The van der Waals surface area contributed by atoms with Gasteiger partial charge in [0.25, 0.3) is 5.91 Å². The van der Waals surface area contributed by atoms with Crippen LogP contribution in [0.5, 0.6) is 5.75 Å². The molecule has 1 amide bonds. The maximum atomic E-state index is 13.4. The van der Waals surface area contributed by atoms with Gasteiger partial charge in [0.15, 0.2) is 5.17 Å². The molecule has 4 rings (SSSR count). The van der Waals surface area contributed by atoms with Crippen LogP contribution in [0.25, 0.3) is 6.08 Å². The van der Waals surface area contributed by atoms with Crippen molar-refractivity contribution in [2.24, 2.45) is 4.99 Å². The molecule has 1 fully saturated rings. The van der Waals surface area contributed by atoms with E-state index in [9.17, 15) is 4.79 Å². The SMILES string of the molecule is C=CCOc1ccc(Br)cc1C=C1SC(=NCc2ccccc2)N(Cc2ccccc2)C1=O. The fourth-order valence-corrected chi connectivity index (χ4v) is 4.67. The highest BCUT2D eigenvalue weighted by Crippen LogP contribution is 2.36. The Bertz CT molecular complexity index is 1190. The first-order valence-corrected chi connectivity index (χ1v) is 12.1. The molecule has 0 aliphatic carbocycles. The molecular weight excluding hydrogens is 496 g/mol. The summed E-state index contributed by atoms with van der Waals surface area (Å²) >= 11 is 4.91. The molecular formula is C27H23BrN2O2S. The first-order valence-electron chi connectivity index (χ1n) is 10.5. The van der Waals surface area contributed by atoms with E-state index >= 15 is 0 Å². The predicted molar refractivity (Wildman–Crippen MR) is 140 cm³/mol. The van der Waals surface area contributed by atoms with Crippen molar-refractivity contribution in [3.8, 4) is 5.75 Å². The van der Waals surface area contributed by atoms with Gasteiger partial charge in [-0.25, -0.2) is 0 Å². The monoisotopic (exact) mass is 518 g/mol. The minimum absolute atomic E-state index is 0.0645. The molecule has 166 valence electrons. The van der Waals surface area contributed by atoms with Gasteiger partial charge in [-0.05, 0) is 47.2 Å². The number of aliphatic imine (C=N–C) groups is 1. The second kappa shape index (κ2) is 11.2. The normalized spacial score (nSPS) is 15.9. The lowest BCUT2D eigenvalue weighted by molar-refractivity contribution is -0.122. The summed E-state index contributed by atoms with van der Waals surface area (Å²) in [6.07, 6.45) is 3.57. The zero-order valence-corrected chi connectivity index (χ0v) is 20.4. The molecule has 0 saturated carbocycles. The quantitative estimate of drug-likeness (QED) is 0.246. The molecule has 3 aromatic carbocycles. The van der Waals surface area contributed by atoms with Gasteiger partial charge >= 0.3 is 0 Å². The highest BCUT2D eigenvalue weighted by atomic mass is 79.9. The molecule has 1 saturated heterocycles. The number of nitrogens with zero attached hydrogens (tertiary/aromatic N) is 2. The molecule has 0 spiro atoms. The molecule has 0 N–H and O–H groups in total. The largest absolute Gasteiger partial charge is 0.489 e. The van der Waals surface area contributed by atoms with Crippen LogP contribution in [-0.4, -0.2) is 22.6 Å². The van der Waals surface area contributed by atoms with E-state index in [0.29, 0.717) is 35.5 Å². The Morgan fingerprint density at radius 3 is 2.39 bits per heavy atom. The summed E-state index contributed by atoms with van der Waals surface area (Å²) in [6.45, 7) is 5.09.